The Hall–Kier alpha value is -4.51. The van der Waals surface area contributed by atoms with E-state index in [0.717, 1.165) is 11.3 Å². The highest BCUT2D eigenvalue weighted by molar-refractivity contribution is 7.15. The summed E-state index contributed by atoms with van der Waals surface area (Å²) < 4.78 is 27.5. The molecule has 4 heterocycles. The predicted molar refractivity (Wildman–Crippen MR) is 139 cm³/mol. The summed E-state index contributed by atoms with van der Waals surface area (Å²) in [4.78, 5) is 31.6. The predicted octanol–water partition coefficient (Wildman–Crippen LogP) is 3.95. The Bertz CT molecular complexity index is 1770. The largest absolute Gasteiger partial charge is 0.454 e. The maximum absolute atomic E-state index is 13.8. The number of hydrogen-bond donors (Lipinski definition) is 1. The van der Waals surface area contributed by atoms with Crippen LogP contribution < -0.4 is 20.3 Å². The number of hydrogen-bond acceptors (Lipinski definition) is 7. The first-order valence-electron chi connectivity index (χ1n) is 11.9. The Morgan fingerprint density at radius 3 is 2.82 bits per heavy atom. The zero-order valence-electron chi connectivity index (χ0n) is 20.5. The van der Waals surface area contributed by atoms with E-state index in [0.29, 0.717) is 51.3 Å². The Morgan fingerprint density at radius 2 is 1.97 bits per heavy atom. The van der Waals surface area contributed by atoms with Gasteiger partial charge in [0.05, 0.1) is 23.4 Å². The topological polar surface area (TPSA) is 99.8 Å². The van der Waals surface area contributed by atoms with E-state index in [4.69, 9.17) is 9.47 Å². The normalized spacial score (nSPS) is 12.3. The number of benzene rings is 2. The van der Waals surface area contributed by atoms with E-state index in [2.05, 4.69) is 15.4 Å². The molecule has 192 valence electrons. The molecule has 11 heteroatoms. The van der Waals surface area contributed by atoms with Crippen LogP contribution in [0.25, 0.3) is 21.9 Å². The molecule has 0 saturated carbocycles. The smallest absolute Gasteiger partial charge is 0.268 e. The molecule has 0 aliphatic carbocycles. The van der Waals surface area contributed by atoms with Gasteiger partial charge in [0.2, 0.25) is 12.7 Å². The average Bonchev–Trinajstić information content (AvgIpc) is 3.61. The van der Waals surface area contributed by atoms with Gasteiger partial charge in [-0.3, -0.25) is 14.0 Å². The molecule has 0 fully saturated rings. The van der Waals surface area contributed by atoms with Gasteiger partial charge in [-0.25, -0.2) is 14.1 Å². The molecular weight excluding hydrogens is 509 g/mol. The van der Waals surface area contributed by atoms with Gasteiger partial charge in [-0.1, -0.05) is 12.1 Å². The third-order valence-corrected chi connectivity index (χ3v) is 7.16. The van der Waals surface area contributed by atoms with Crippen LogP contribution in [0.2, 0.25) is 0 Å². The number of aromatic nitrogens is 4. The van der Waals surface area contributed by atoms with Crippen LogP contribution in [0.3, 0.4) is 0 Å². The number of amides is 1. The molecule has 6 rings (SSSR count). The van der Waals surface area contributed by atoms with Crippen molar-refractivity contribution in [1.29, 1.82) is 0 Å². The molecule has 2 aromatic carbocycles. The highest BCUT2D eigenvalue weighted by Gasteiger charge is 2.20. The molecule has 0 spiro atoms. The first kappa shape index (κ1) is 23.9. The van der Waals surface area contributed by atoms with Crippen molar-refractivity contribution in [3.05, 3.63) is 92.7 Å². The summed E-state index contributed by atoms with van der Waals surface area (Å²) in [7, 11) is 0. The number of aryl methyl sites for hydroxylation is 2. The summed E-state index contributed by atoms with van der Waals surface area (Å²) in [6, 6.07) is 13.4. The van der Waals surface area contributed by atoms with E-state index in [1.54, 1.807) is 35.2 Å². The Kier molecular flexibility index (Phi) is 5.91. The first-order valence-corrected chi connectivity index (χ1v) is 12.7. The number of ether oxygens (including phenoxy) is 2. The number of fused-ring (bicyclic) bond motifs is 2. The van der Waals surface area contributed by atoms with E-state index < -0.39 is 0 Å². The van der Waals surface area contributed by atoms with E-state index in [1.165, 1.54) is 27.9 Å². The van der Waals surface area contributed by atoms with Crippen LogP contribution in [0.1, 0.15) is 22.6 Å². The highest BCUT2D eigenvalue weighted by Crippen LogP contribution is 2.32. The number of carbonyl (C=O) groups is 1. The fourth-order valence-corrected chi connectivity index (χ4v) is 5.39. The van der Waals surface area contributed by atoms with Gasteiger partial charge in [0.1, 0.15) is 11.5 Å². The Labute approximate surface area is 220 Å². The van der Waals surface area contributed by atoms with Crippen LogP contribution >= 0.6 is 11.3 Å². The van der Waals surface area contributed by atoms with Crippen molar-refractivity contribution in [1.82, 2.24) is 24.5 Å². The monoisotopic (exact) mass is 531 g/mol. The van der Waals surface area contributed by atoms with E-state index in [9.17, 15) is 14.0 Å². The maximum atomic E-state index is 13.8. The molecule has 5 aromatic rings. The van der Waals surface area contributed by atoms with Crippen molar-refractivity contribution in [2.24, 2.45) is 0 Å². The Balaban J connectivity index is 1.27. The van der Waals surface area contributed by atoms with Crippen molar-refractivity contribution in [2.45, 2.75) is 26.8 Å². The molecule has 0 bridgehead atoms. The van der Waals surface area contributed by atoms with E-state index in [1.807, 2.05) is 25.1 Å². The van der Waals surface area contributed by atoms with Crippen LogP contribution in [0.5, 0.6) is 11.5 Å². The lowest BCUT2D eigenvalue weighted by molar-refractivity contribution is -0.120. The van der Waals surface area contributed by atoms with Crippen LogP contribution in [0, 0.1) is 19.7 Å². The minimum atomic E-state index is -0.377. The summed E-state index contributed by atoms with van der Waals surface area (Å²) in [6.45, 7) is 4.09. The van der Waals surface area contributed by atoms with Gasteiger partial charge < -0.3 is 14.8 Å². The quantitative estimate of drug-likeness (QED) is 0.356. The van der Waals surface area contributed by atoms with Gasteiger partial charge in [-0.2, -0.15) is 5.10 Å². The van der Waals surface area contributed by atoms with Crippen molar-refractivity contribution in [3.8, 4) is 28.4 Å². The third-order valence-electron chi connectivity index (χ3n) is 6.29. The zero-order valence-corrected chi connectivity index (χ0v) is 21.3. The highest BCUT2D eigenvalue weighted by atomic mass is 32.1. The molecule has 1 amide bonds. The average molecular weight is 532 g/mol. The number of carbonyl (C=O) groups excluding carboxylic acids is 1. The van der Waals surface area contributed by atoms with Gasteiger partial charge in [-0.15, -0.1) is 11.3 Å². The standard InChI is InChI=1S/C27H22FN5O4S/c1-15-8-21(31-33(15)19-5-3-4-18(28)10-19)25-16(2)30-27-32(26(25)35)20(13-38-27)11-24(34)29-12-17-6-7-22-23(9-17)37-14-36-22/h3-10,13H,11-12,14H2,1-2H3,(H,29,34). The minimum absolute atomic E-state index is 0.00536. The molecule has 3 aromatic heterocycles. The lowest BCUT2D eigenvalue weighted by Gasteiger charge is -2.08. The van der Waals surface area contributed by atoms with E-state index in [-0.39, 0.29) is 30.5 Å². The number of rotatable bonds is 6. The molecule has 0 atom stereocenters. The van der Waals surface area contributed by atoms with Crippen LogP contribution in [0.15, 0.2) is 58.7 Å². The van der Waals surface area contributed by atoms with Gasteiger partial charge in [0.15, 0.2) is 16.5 Å². The molecule has 0 saturated heterocycles. The molecule has 0 radical (unpaired) electrons. The molecule has 1 aliphatic heterocycles. The lowest BCUT2D eigenvalue weighted by atomic mass is 10.1. The SMILES string of the molecule is Cc1nc2scc(CC(=O)NCc3ccc4c(c3)OCO4)n2c(=O)c1-c1cc(C)n(-c2cccc(F)c2)n1. The number of thiazole rings is 1. The molecule has 38 heavy (non-hydrogen) atoms. The van der Waals surface area contributed by atoms with Crippen molar-refractivity contribution in [3.63, 3.8) is 0 Å². The number of halogens is 1. The van der Waals surface area contributed by atoms with Gasteiger partial charge in [0, 0.05) is 23.3 Å². The summed E-state index contributed by atoms with van der Waals surface area (Å²) in [5.74, 6) is 0.718. The zero-order chi connectivity index (χ0) is 26.4. The summed E-state index contributed by atoms with van der Waals surface area (Å²) >= 11 is 1.30. The first-order chi connectivity index (χ1) is 18.4. The third kappa shape index (κ3) is 4.30. The Morgan fingerprint density at radius 1 is 1.13 bits per heavy atom. The van der Waals surface area contributed by atoms with Gasteiger partial charge in [0.25, 0.3) is 5.56 Å². The second-order valence-electron chi connectivity index (χ2n) is 8.93. The second-order valence-corrected chi connectivity index (χ2v) is 9.76. The fraction of sp³-hybridized carbons (Fsp3) is 0.185. The summed E-state index contributed by atoms with van der Waals surface area (Å²) in [6.07, 6.45) is 0.00536. The van der Waals surface area contributed by atoms with Crippen molar-refractivity contribution in [2.75, 3.05) is 6.79 Å². The summed E-state index contributed by atoms with van der Waals surface area (Å²) in [5, 5.41) is 9.24. The lowest BCUT2D eigenvalue weighted by Crippen LogP contribution is -2.27. The van der Waals surface area contributed by atoms with Crippen LogP contribution in [-0.2, 0) is 17.8 Å². The molecular formula is C27H22FN5O4S. The number of nitrogens with one attached hydrogen (secondary N) is 1. The maximum Gasteiger partial charge on any atom is 0.268 e. The van der Waals surface area contributed by atoms with Gasteiger partial charge in [-0.05, 0) is 55.8 Å². The molecule has 0 unspecified atom stereocenters. The van der Waals surface area contributed by atoms with Gasteiger partial charge >= 0.3 is 0 Å². The fourth-order valence-electron chi connectivity index (χ4n) is 4.47. The van der Waals surface area contributed by atoms with E-state index >= 15 is 0 Å². The molecule has 1 aliphatic rings. The summed E-state index contributed by atoms with van der Waals surface area (Å²) in [5.41, 5.74) is 3.68. The van der Waals surface area contributed by atoms with Crippen molar-refractivity contribution < 1.29 is 18.7 Å². The molecule has 9 nitrogen and oxygen atoms in total. The molecule has 1 N–H and O–H groups in total. The van der Waals surface area contributed by atoms with Crippen LogP contribution in [-0.4, -0.2) is 31.9 Å². The number of nitrogens with zero attached hydrogens (tertiary/aromatic N) is 4. The second kappa shape index (κ2) is 9.42. The minimum Gasteiger partial charge on any atom is -0.454 e. The van der Waals surface area contributed by atoms with Crippen LogP contribution in [0.4, 0.5) is 4.39 Å². The van der Waals surface area contributed by atoms with Crippen molar-refractivity contribution >= 4 is 22.2 Å².